The molecule has 1 saturated heterocycles. The van der Waals surface area contributed by atoms with Crippen molar-refractivity contribution in [2.24, 2.45) is 0 Å². The number of rotatable bonds is 3. The topological polar surface area (TPSA) is 54.2 Å². The van der Waals surface area contributed by atoms with E-state index in [2.05, 4.69) is 27.1 Å². The molecule has 1 N–H and O–H groups in total. The highest BCUT2D eigenvalue weighted by Crippen LogP contribution is 2.34. The number of aromatic nitrogens is 2. The maximum atomic E-state index is 6.11. The number of nitrogens with zero attached hydrogens (tertiary/aromatic N) is 3. The van der Waals surface area contributed by atoms with Gasteiger partial charge >= 0.3 is 0 Å². The number of benzene rings is 1. The number of hydrogen-bond acceptors (Lipinski definition) is 5. The predicted molar refractivity (Wildman–Crippen MR) is 93.2 cm³/mol. The van der Waals surface area contributed by atoms with Crippen LogP contribution in [0.1, 0.15) is 19.8 Å². The van der Waals surface area contributed by atoms with Gasteiger partial charge in [0, 0.05) is 29.5 Å². The molecule has 0 radical (unpaired) electrons. The molecule has 1 aromatic carbocycles. The van der Waals surface area contributed by atoms with Crippen molar-refractivity contribution in [3.8, 4) is 0 Å². The number of furan rings is 1. The molecule has 23 heavy (non-hydrogen) atoms. The van der Waals surface area contributed by atoms with Gasteiger partial charge in [-0.1, -0.05) is 18.5 Å². The molecule has 2 aromatic heterocycles. The molecule has 0 bridgehead atoms. The predicted octanol–water partition coefficient (Wildman–Crippen LogP) is 3.61. The van der Waals surface area contributed by atoms with Gasteiger partial charge in [0.05, 0.1) is 0 Å². The first-order valence-corrected chi connectivity index (χ1v) is 8.45. The van der Waals surface area contributed by atoms with E-state index in [0.29, 0.717) is 11.1 Å². The van der Waals surface area contributed by atoms with E-state index in [1.165, 1.54) is 6.42 Å². The van der Waals surface area contributed by atoms with Gasteiger partial charge in [-0.05, 0) is 37.6 Å². The summed E-state index contributed by atoms with van der Waals surface area (Å²) in [4.78, 5) is 11.2. The molecular weight excluding hydrogens is 312 g/mol. The van der Waals surface area contributed by atoms with Crippen LogP contribution in [0.3, 0.4) is 0 Å². The van der Waals surface area contributed by atoms with Gasteiger partial charge in [-0.25, -0.2) is 9.97 Å². The highest BCUT2D eigenvalue weighted by molar-refractivity contribution is 6.31. The van der Waals surface area contributed by atoms with Crippen molar-refractivity contribution >= 4 is 39.5 Å². The lowest BCUT2D eigenvalue weighted by Crippen LogP contribution is -2.46. The Labute approximate surface area is 139 Å². The van der Waals surface area contributed by atoms with Crippen molar-refractivity contribution in [1.29, 1.82) is 0 Å². The fourth-order valence-electron chi connectivity index (χ4n) is 3.39. The molecule has 120 valence electrons. The molecular formula is C17H19ClN4O. The highest BCUT2D eigenvalue weighted by Gasteiger charge is 2.24. The van der Waals surface area contributed by atoms with Crippen LogP contribution >= 0.6 is 11.6 Å². The third kappa shape index (κ3) is 2.64. The summed E-state index contributed by atoms with van der Waals surface area (Å²) < 4.78 is 6.04. The molecule has 0 unspecified atom stereocenters. The Hall–Kier alpha value is -1.85. The van der Waals surface area contributed by atoms with Gasteiger partial charge < -0.3 is 14.6 Å². The van der Waals surface area contributed by atoms with Gasteiger partial charge in [0.2, 0.25) is 0 Å². The van der Waals surface area contributed by atoms with Gasteiger partial charge in [-0.15, -0.1) is 0 Å². The normalized spacial score (nSPS) is 18.9. The molecule has 0 amide bonds. The fourth-order valence-corrected chi connectivity index (χ4v) is 3.56. The van der Waals surface area contributed by atoms with Crippen LogP contribution in [0.2, 0.25) is 5.02 Å². The molecule has 5 nitrogen and oxygen atoms in total. The van der Waals surface area contributed by atoms with Gasteiger partial charge in [0.15, 0.2) is 11.4 Å². The van der Waals surface area contributed by atoms with Crippen LogP contribution in [0.5, 0.6) is 0 Å². The highest BCUT2D eigenvalue weighted by atomic mass is 35.5. The Balaban J connectivity index is 1.79. The monoisotopic (exact) mass is 330 g/mol. The number of hydrogen-bond donors (Lipinski definition) is 1. The summed E-state index contributed by atoms with van der Waals surface area (Å²) in [5, 5.41) is 5.16. The second-order valence-electron chi connectivity index (χ2n) is 5.96. The number of nitrogens with one attached hydrogen (secondary N) is 1. The average Bonchev–Trinajstić information content (AvgIpc) is 2.93. The van der Waals surface area contributed by atoms with Crippen LogP contribution in [-0.4, -0.2) is 35.6 Å². The van der Waals surface area contributed by atoms with Gasteiger partial charge in [0.25, 0.3) is 0 Å². The molecule has 1 aliphatic rings. The van der Waals surface area contributed by atoms with E-state index >= 15 is 0 Å². The SMILES string of the molecule is CCN[C@H]1CCCN(c2ncnc3c2oc2ccc(Cl)cc23)C1. The first-order chi connectivity index (χ1) is 11.3. The summed E-state index contributed by atoms with van der Waals surface area (Å²) >= 11 is 6.11. The second-order valence-corrected chi connectivity index (χ2v) is 6.40. The van der Waals surface area contributed by atoms with E-state index in [9.17, 15) is 0 Å². The molecule has 1 atom stereocenters. The number of fused-ring (bicyclic) bond motifs is 3. The lowest BCUT2D eigenvalue weighted by molar-refractivity contribution is 0.429. The molecule has 6 heteroatoms. The van der Waals surface area contributed by atoms with Crippen LogP contribution in [0.25, 0.3) is 22.1 Å². The minimum atomic E-state index is 0.498. The summed E-state index contributed by atoms with van der Waals surface area (Å²) in [7, 11) is 0. The Morgan fingerprint density at radius 1 is 1.39 bits per heavy atom. The van der Waals surface area contributed by atoms with E-state index < -0.39 is 0 Å². The van der Waals surface area contributed by atoms with Gasteiger partial charge in [0.1, 0.15) is 17.4 Å². The number of piperidine rings is 1. The summed E-state index contributed by atoms with van der Waals surface area (Å²) in [6.45, 7) is 5.06. The van der Waals surface area contributed by atoms with Crippen LogP contribution in [-0.2, 0) is 0 Å². The number of likely N-dealkylation sites (N-methyl/N-ethyl adjacent to an activating group) is 1. The lowest BCUT2D eigenvalue weighted by Gasteiger charge is -2.33. The minimum absolute atomic E-state index is 0.498. The zero-order valence-corrected chi connectivity index (χ0v) is 13.8. The summed E-state index contributed by atoms with van der Waals surface area (Å²) in [6.07, 6.45) is 3.97. The van der Waals surface area contributed by atoms with Crippen LogP contribution in [0.15, 0.2) is 28.9 Å². The first-order valence-electron chi connectivity index (χ1n) is 8.07. The van der Waals surface area contributed by atoms with Crippen molar-refractivity contribution in [2.45, 2.75) is 25.8 Å². The molecule has 4 rings (SSSR count). The zero-order chi connectivity index (χ0) is 15.8. The zero-order valence-electron chi connectivity index (χ0n) is 13.1. The van der Waals surface area contributed by atoms with Crippen molar-refractivity contribution in [2.75, 3.05) is 24.5 Å². The Morgan fingerprint density at radius 3 is 3.17 bits per heavy atom. The smallest absolute Gasteiger partial charge is 0.196 e. The molecule has 0 saturated carbocycles. The minimum Gasteiger partial charge on any atom is -0.450 e. The van der Waals surface area contributed by atoms with Crippen LogP contribution in [0.4, 0.5) is 5.82 Å². The standard InChI is InChI=1S/C17H19ClN4O/c1-2-19-12-4-3-7-22(9-12)17-16-15(20-10-21-17)13-8-11(18)5-6-14(13)23-16/h5-6,8,10,12,19H,2-4,7,9H2,1H3/t12-/m0/s1. The Kier molecular flexibility index (Phi) is 3.83. The maximum absolute atomic E-state index is 6.11. The molecule has 0 aliphatic carbocycles. The van der Waals surface area contributed by atoms with E-state index in [0.717, 1.165) is 53.9 Å². The quantitative estimate of drug-likeness (QED) is 0.795. The van der Waals surface area contributed by atoms with Crippen LogP contribution in [0, 0.1) is 0 Å². The lowest BCUT2D eigenvalue weighted by atomic mass is 10.1. The molecule has 3 aromatic rings. The Morgan fingerprint density at radius 2 is 2.30 bits per heavy atom. The van der Waals surface area contributed by atoms with Crippen LogP contribution < -0.4 is 10.2 Å². The largest absolute Gasteiger partial charge is 0.450 e. The van der Waals surface area contributed by atoms with Crippen molar-refractivity contribution in [1.82, 2.24) is 15.3 Å². The van der Waals surface area contributed by atoms with E-state index in [4.69, 9.17) is 16.0 Å². The third-order valence-corrected chi connectivity index (χ3v) is 4.64. The Bertz CT molecular complexity index is 845. The van der Waals surface area contributed by atoms with E-state index in [1.54, 1.807) is 6.33 Å². The van der Waals surface area contributed by atoms with Gasteiger partial charge in [-0.2, -0.15) is 0 Å². The molecule has 1 fully saturated rings. The van der Waals surface area contributed by atoms with Gasteiger partial charge in [-0.3, -0.25) is 0 Å². The first kappa shape index (κ1) is 14.7. The average molecular weight is 331 g/mol. The van der Waals surface area contributed by atoms with Crippen molar-refractivity contribution in [3.63, 3.8) is 0 Å². The molecule has 1 aliphatic heterocycles. The summed E-state index contributed by atoms with van der Waals surface area (Å²) in [6, 6.07) is 6.12. The second kappa shape index (κ2) is 5.98. The maximum Gasteiger partial charge on any atom is 0.196 e. The fraction of sp³-hybridized carbons (Fsp3) is 0.412. The van der Waals surface area contributed by atoms with Crippen molar-refractivity contribution in [3.05, 3.63) is 29.5 Å². The molecule has 3 heterocycles. The summed E-state index contributed by atoms with van der Waals surface area (Å²) in [5.74, 6) is 0.880. The van der Waals surface area contributed by atoms with E-state index in [1.807, 2.05) is 18.2 Å². The van der Waals surface area contributed by atoms with E-state index in [-0.39, 0.29) is 0 Å². The third-order valence-electron chi connectivity index (χ3n) is 4.41. The molecule has 0 spiro atoms. The van der Waals surface area contributed by atoms with Crippen molar-refractivity contribution < 1.29 is 4.42 Å². The number of halogens is 1. The summed E-state index contributed by atoms with van der Waals surface area (Å²) in [5.41, 5.74) is 2.38. The number of anilines is 1.